The zero-order valence-corrected chi connectivity index (χ0v) is 29.9. The van der Waals surface area contributed by atoms with Gasteiger partial charge in [-0.2, -0.15) is 0 Å². The van der Waals surface area contributed by atoms with E-state index in [4.69, 9.17) is 0 Å². The highest BCUT2D eigenvalue weighted by Gasteiger charge is 2.48. The lowest BCUT2D eigenvalue weighted by molar-refractivity contribution is 1.07. The first-order valence-electron chi connectivity index (χ1n) is 13.1. The molecule has 0 bridgehead atoms. The molecule has 0 unspecified atom stereocenters. The first kappa shape index (κ1) is 29.1. The standard InChI is InChI=1S/C36H23Br5/c1-22-2-12-27(13-3-22)36(41)34(25-8-18-30(39)19-9-25)32(23-4-14-28(37)15-5-23)33(24-6-16-29(38)17-7-24)35(36)26-10-20-31(40)21-11-26/h2-21H,1H3. The van der Waals surface area contributed by atoms with Crippen molar-refractivity contribution in [1.29, 1.82) is 0 Å². The van der Waals surface area contributed by atoms with Crippen molar-refractivity contribution in [3.05, 3.63) is 173 Å². The van der Waals surface area contributed by atoms with E-state index in [2.05, 4.69) is 208 Å². The third-order valence-electron chi connectivity index (χ3n) is 7.42. The average molecular weight is 855 g/mol. The Morgan fingerprint density at radius 2 is 0.683 bits per heavy atom. The zero-order chi connectivity index (χ0) is 28.7. The molecule has 5 aromatic rings. The quantitative estimate of drug-likeness (QED) is 0.155. The Kier molecular flexibility index (Phi) is 8.46. The maximum Gasteiger partial charge on any atom is 0.103 e. The number of allylic oxidation sites excluding steroid dienone is 4. The molecule has 0 radical (unpaired) electrons. The SMILES string of the molecule is Cc1ccc(C2(Br)C(c3ccc(Br)cc3)=C(c3ccc(Br)cc3)C(c3ccc(Br)cc3)=C2c2ccc(Br)cc2)cc1. The lowest BCUT2D eigenvalue weighted by Gasteiger charge is -2.32. The van der Waals surface area contributed by atoms with Gasteiger partial charge in [0.2, 0.25) is 0 Å². The third kappa shape index (κ3) is 5.57. The summed E-state index contributed by atoms with van der Waals surface area (Å²) in [5.74, 6) is 0. The lowest BCUT2D eigenvalue weighted by Crippen LogP contribution is -2.20. The van der Waals surface area contributed by atoms with Crippen LogP contribution in [0.15, 0.2) is 139 Å². The number of aryl methyl sites for hydroxylation is 1. The van der Waals surface area contributed by atoms with Crippen LogP contribution in [0.25, 0.3) is 22.3 Å². The molecule has 0 nitrogen and oxygen atoms in total. The summed E-state index contributed by atoms with van der Waals surface area (Å²) < 4.78 is 3.57. The third-order valence-corrected chi connectivity index (χ3v) is 10.8. The predicted molar refractivity (Wildman–Crippen MR) is 192 cm³/mol. The van der Waals surface area contributed by atoms with Gasteiger partial charge in [0.25, 0.3) is 0 Å². The van der Waals surface area contributed by atoms with Crippen LogP contribution in [0, 0.1) is 6.92 Å². The number of hydrogen-bond donors (Lipinski definition) is 0. The molecule has 1 aliphatic rings. The van der Waals surface area contributed by atoms with Crippen LogP contribution in [-0.4, -0.2) is 0 Å². The summed E-state index contributed by atoms with van der Waals surface area (Å²) in [6, 6.07) is 43.6. The molecule has 0 N–H and O–H groups in total. The highest BCUT2D eigenvalue weighted by atomic mass is 79.9. The fraction of sp³-hybridized carbons (Fsp3) is 0.0556. The highest BCUT2D eigenvalue weighted by Crippen LogP contribution is 2.65. The Morgan fingerprint density at radius 1 is 0.390 bits per heavy atom. The van der Waals surface area contributed by atoms with Crippen LogP contribution in [0.5, 0.6) is 0 Å². The topological polar surface area (TPSA) is 0 Å². The lowest BCUT2D eigenvalue weighted by atomic mass is 9.80. The molecule has 0 heterocycles. The van der Waals surface area contributed by atoms with Crippen molar-refractivity contribution in [3.63, 3.8) is 0 Å². The second-order valence-electron chi connectivity index (χ2n) is 10.1. The normalized spacial score (nSPS) is 14.6. The van der Waals surface area contributed by atoms with Gasteiger partial charge in [-0.05, 0) is 106 Å². The van der Waals surface area contributed by atoms with Crippen molar-refractivity contribution in [3.8, 4) is 0 Å². The maximum atomic E-state index is 4.47. The molecule has 0 spiro atoms. The van der Waals surface area contributed by atoms with Crippen LogP contribution >= 0.6 is 79.6 Å². The van der Waals surface area contributed by atoms with E-state index in [0.717, 1.165) is 40.1 Å². The van der Waals surface area contributed by atoms with Crippen molar-refractivity contribution in [2.75, 3.05) is 0 Å². The summed E-state index contributed by atoms with van der Waals surface area (Å²) in [5.41, 5.74) is 11.9. The number of halogens is 5. The van der Waals surface area contributed by atoms with Gasteiger partial charge in [0.15, 0.2) is 0 Å². The van der Waals surface area contributed by atoms with Crippen molar-refractivity contribution in [1.82, 2.24) is 0 Å². The minimum Gasteiger partial charge on any atom is -0.0695 e. The van der Waals surface area contributed by atoms with Gasteiger partial charge < -0.3 is 0 Å². The van der Waals surface area contributed by atoms with Crippen LogP contribution < -0.4 is 0 Å². The van der Waals surface area contributed by atoms with Gasteiger partial charge in [-0.15, -0.1) is 0 Å². The zero-order valence-electron chi connectivity index (χ0n) is 21.9. The fourth-order valence-corrected chi connectivity index (χ4v) is 7.70. The van der Waals surface area contributed by atoms with E-state index < -0.39 is 4.32 Å². The molecule has 0 atom stereocenters. The number of hydrogen-bond acceptors (Lipinski definition) is 0. The largest absolute Gasteiger partial charge is 0.103 e. The van der Waals surface area contributed by atoms with E-state index in [1.54, 1.807) is 0 Å². The predicted octanol–water partition coefficient (Wildman–Crippen LogP) is 12.9. The van der Waals surface area contributed by atoms with Crippen molar-refractivity contribution in [2.24, 2.45) is 0 Å². The van der Waals surface area contributed by atoms with Gasteiger partial charge in [-0.25, -0.2) is 0 Å². The van der Waals surface area contributed by atoms with Gasteiger partial charge in [-0.3, -0.25) is 0 Å². The number of benzene rings is 5. The number of alkyl halides is 1. The van der Waals surface area contributed by atoms with Gasteiger partial charge in [0.1, 0.15) is 4.32 Å². The van der Waals surface area contributed by atoms with Gasteiger partial charge in [-0.1, -0.05) is 158 Å². The van der Waals surface area contributed by atoms with Crippen molar-refractivity contribution >= 4 is 102 Å². The van der Waals surface area contributed by atoms with E-state index in [9.17, 15) is 0 Å². The maximum absolute atomic E-state index is 4.47. The van der Waals surface area contributed by atoms with E-state index in [0.29, 0.717) is 0 Å². The van der Waals surface area contributed by atoms with Gasteiger partial charge >= 0.3 is 0 Å². The van der Waals surface area contributed by atoms with Gasteiger partial charge in [0.05, 0.1) is 0 Å². The number of rotatable bonds is 5. The Bertz CT molecular complexity index is 1670. The summed E-state index contributed by atoms with van der Waals surface area (Å²) in [6.07, 6.45) is 0. The van der Waals surface area contributed by atoms with Crippen molar-refractivity contribution < 1.29 is 0 Å². The summed E-state index contributed by atoms with van der Waals surface area (Å²) in [4.78, 5) is 0. The van der Waals surface area contributed by atoms with Crippen LogP contribution in [-0.2, 0) is 4.32 Å². The Balaban J connectivity index is 1.81. The minimum absolute atomic E-state index is 0.632. The van der Waals surface area contributed by atoms with Crippen molar-refractivity contribution in [2.45, 2.75) is 11.2 Å². The van der Waals surface area contributed by atoms with Crippen LogP contribution in [0.4, 0.5) is 0 Å². The molecule has 0 saturated heterocycles. The minimum atomic E-state index is -0.632. The average Bonchev–Trinajstić information content (AvgIpc) is 3.25. The summed E-state index contributed by atoms with van der Waals surface area (Å²) in [6.45, 7) is 2.14. The van der Waals surface area contributed by atoms with E-state index in [1.807, 2.05) is 0 Å². The molecule has 6 rings (SSSR count). The molecule has 0 aromatic heterocycles. The van der Waals surface area contributed by atoms with Crippen LogP contribution in [0.3, 0.4) is 0 Å². The Labute approximate surface area is 283 Å². The highest BCUT2D eigenvalue weighted by molar-refractivity contribution is 9.11. The second-order valence-corrected chi connectivity index (χ2v) is 14.9. The summed E-state index contributed by atoms with van der Waals surface area (Å²) in [7, 11) is 0. The second kappa shape index (κ2) is 11.9. The van der Waals surface area contributed by atoms with Crippen LogP contribution in [0.2, 0.25) is 0 Å². The Morgan fingerprint density at radius 3 is 1.00 bits per heavy atom. The van der Waals surface area contributed by atoms with E-state index in [1.165, 1.54) is 33.4 Å². The van der Waals surface area contributed by atoms with Gasteiger partial charge in [0, 0.05) is 17.9 Å². The van der Waals surface area contributed by atoms with E-state index >= 15 is 0 Å². The molecular weight excluding hydrogens is 832 g/mol. The first-order valence-corrected chi connectivity index (χ1v) is 17.0. The van der Waals surface area contributed by atoms with Crippen LogP contribution in [0.1, 0.15) is 33.4 Å². The molecule has 202 valence electrons. The molecule has 5 aromatic carbocycles. The molecule has 0 saturated carbocycles. The first-order chi connectivity index (χ1) is 19.8. The Hall–Kier alpha value is -2.02. The molecule has 41 heavy (non-hydrogen) atoms. The van der Waals surface area contributed by atoms with E-state index in [-0.39, 0.29) is 0 Å². The smallest absolute Gasteiger partial charge is 0.0695 e. The summed E-state index contributed by atoms with van der Waals surface area (Å²) in [5, 5.41) is 0. The monoisotopic (exact) mass is 850 g/mol. The fourth-order valence-electron chi connectivity index (χ4n) is 5.52. The molecule has 0 aliphatic heterocycles. The molecule has 1 aliphatic carbocycles. The summed E-state index contributed by atoms with van der Waals surface area (Å²) >= 11 is 19.1. The molecule has 0 amide bonds. The molecule has 5 heteroatoms. The molecule has 0 fully saturated rings. The molecular formula is C36H23Br5.